The highest BCUT2D eigenvalue weighted by Crippen LogP contribution is 1.99. The summed E-state index contributed by atoms with van der Waals surface area (Å²) in [4.78, 5) is 21.4. The van der Waals surface area contributed by atoms with Gasteiger partial charge in [0.15, 0.2) is 5.70 Å². The normalized spacial score (nSPS) is 10.6. The first-order valence-electron chi connectivity index (χ1n) is 3.43. The SMILES string of the molecule is COC(=O)/C(=C\OC(C)=O)N(C)N. The second-order valence-corrected chi connectivity index (χ2v) is 2.22. The third kappa shape index (κ3) is 4.12. The van der Waals surface area contributed by atoms with Gasteiger partial charge in [-0.1, -0.05) is 0 Å². The van der Waals surface area contributed by atoms with E-state index in [0.717, 1.165) is 11.3 Å². The molecule has 0 aromatic rings. The number of carbonyl (C=O) groups excluding carboxylic acids is 2. The van der Waals surface area contributed by atoms with Gasteiger partial charge in [0, 0.05) is 14.0 Å². The van der Waals surface area contributed by atoms with E-state index in [2.05, 4.69) is 9.47 Å². The first-order valence-corrected chi connectivity index (χ1v) is 3.43. The lowest BCUT2D eigenvalue weighted by atomic mass is 10.5. The molecule has 0 rings (SSSR count). The van der Waals surface area contributed by atoms with Crippen molar-refractivity contribution in [3.8, 4) is 0 Å². The Bertz CT molecular complexity index is 235. The number of hydrazine groups is 1. The zero-order valence-corrected chi connectivity index (χ0v) is 7.73. The zero-order chi connectivity index (χ0) is 10.4. The van der Waals surface area contributed by atoms with Crippen molar-refractivity contribution in [1.82, 2.24) is 5.01 Å². The molecular formula is C7H12N2O4. The molecule has 0 unspecified atom stereocenters. The van der Waals surface area contributed by atoms with E-state index in [1.165, 1.54) is 21.1 Å². The molecule has 0 aliphatic rings. The van der Waals surface area contributed by atoms with Crippen LogP contribution in [-0.4, -0.2) is 31.1 Å². The fourth-order valence-corrected chi connectivity index (χ4v) is 0.519. The van der Waals surface area contributed by atoms with E-state index < -0.39 is 11.9 Å². The van der Waals surface area contributed by atoms with Gasteiger partial charge in [-0.25, -0.2) is 10.6 Å². The van der Waals surface area contributed by atoms with Crippen LogP contribution in [0.2, 0.25) is 0 Å². The molecule has 6 heteroatoms. The van der Waals surface area contributed by atoms with Gasteiger partial charge in [-0.15, -0.1) is 0 Å². The molecule has 0 bridgehead atoms. The molecule has 74 valence electrons. The van der Waals surface area contributed by atoms with Crippen LogP contribution in [0.1, 0.15) is 6.92 Å². The Morgan fingerprint density at radius 2 is 2.00 bits per heavy atom. The maximum absolute atomic E-state index is 11.0. The Labute approximate surface area is 75.9 Å². The van der Waals surface area contributed by atoms with Crippen LogP contribution >= 0.6 is 0 Å². The maximum atomic E-state index is 11.0. The van der Waals surface area contributed by atoms with Crippen LogP contribution in [0.5, 0.6) is 0 Å². The minimum absolute atomic E-state index is 0.0438. The predicted molar refractivity (Wildman–Crippen MR) is 43.8 cm³/mol. The molecule has 0 amide bonds. The minimum atomic E-state index is -0.675. The summed E-state index contributed by atoms with van der Waals surface area (Å²) in [5.74, 6) is 4.06. The minimum Gasteiger partial charge on any atom is -0.464 e. The lowest BCUT2D eigenvalue weighted by Gasteiger charge is -2.13. The molecule has 0 radical (unpaired) electrons. The van der Waals surface area contributed by atoms with Gasteiger partial charge in [0.05, 0.1) is 7.11 Å². The number of nitrogens with zero attached hydrogens (tertiary/aromatic N) is 1. The Kier molecular flexibility index (Phi) is 4.53. The smallest absolute Gasteiger partial charge is 0.358 e. The van der Waals surface area contributed by atoms with Crippen molar-refractivity contribution < 1.29 is 19.1 Å². The molecule has 2 N–H and O–H groups in total. The first kappa shape index (κ1) is 11.4. The van der Waals surface area contributed by atoms with Gasteiger partial charge < -0.3 is 14.5 Å². The molecule has 0 saturated heterocycles. The molecule has 6 nitrogen and oxygen atoms in total. The standard InChI is InChI=1S/C7H12N2O4/c1-5(10)13-4-6(9(2)8)7(11)12-3/h4H,8H2,1-3H3/b6-4+. The number of carbonyl (C=O) groups is 2. The third-order valence-electron chi connectivity index (χ3n) is 1.11. The number of likely N-dealkylation sites (N-methyl/N-ethyl adjacent to an activating group) is 1. The number of esters is 2. The van der Waals surface area contributed by atoms with Crippen molar-refractivity contribution in [3.63, 3.8) is 0 Å². The van der Waals surface area contributed by atoms with Crippen LogP contribution in [0.25, 0.3) is 0 Å². The molecule has 0 aliphatic carbocycles. The van der Waals surface area contributed by atoms with Gasteiger partial charge in [-0.05, 0) is 0 Å². The van der Waals surface area contributed by atoms with E-state index in [0.29, 0.717) is 0 Å². The van der Waals surface area contributed by atoms with Crippen molar-refractivity contribution in [1.29, 1.82) is 0 Å². The van der Waals surface area contributed by atoms with Crippen LogP contribution in [0.15, 0.2) is 12.0 Å². The van der Waals surface area contributed by atoms with E-state index in [-0.39, 0.29) is 5.70 Å². The average molecular weight is 188 g/mol. The number of hydrogen-bond donors (Lipinski definition) is 1. The molecule has 0 aliphatic heterocycles. The Hall–Kier alpha value is -1.56. The highest BCUT2D eigenvalue weighted by molar-refractivity contribution is 5.87. The van der Waals surface area contributed by atoms with Crippen LogP contribution in [0.3, 0.4) is 0 Å². The van der Waals surface area contributed by atoms with E-state index in [4.69, 9.17) is 5.84 Å². The van der Waals surface area contributed by atoms with Crippen LogP contribution < -0.4 is 5.84 Å². The van der Waals surface area contributed by atoms with Crippen LogP contribution in [0, 0.1) is 0 Å². The number of rotatable bonds is 3. The maximum Gasteiger partial charge on any atom is 0.358 e. The highest BCUT2D eigenvalue weighted by atomic mass is 16.5. The summed E-state index contributed by atoms with van der Waals surface area (Å²) in [6, 6.07) is 0. The molecule has 0 aromatic carbocycles. The first-order chi connectivity index (χ1) is 5.99. The zero-order valence-electron chi connectivity index (χ0n) is 7.73. The monoisotopic (exact) mass is 188 g/mol. The van der Waals surface area contributed by atoms with E-state index >= 15 is 0 Å². The summed E-state index contributed by atoms with van der Waals surface area (Å²) >= 11 is 0. The third-order valence-corrected chi connectivity index (χ3v) is 1.11. The quantitative estimate of drug-likeness (QED) is 0.209. The second kappa shape index (κ2) is 5.15. The highest BCUT2D eigenvalue weighted by Gasteiger charge is 2.13. The summed E-state index contributed by atoms with van der Waals surface area (Å²) in [6.45, 7) is 1.21. The number of hydrogen-bond acceptors (Lipinski definition) is 6. The molecule has 0 fully saturated rings. The lowest BCUT2D eigenvalue weighted by Crippen LogP contribution is -2.30. The topological polar surface area (TPSA) is 81.9 Å². The Morgan fingerprint density at radius 1 is 1.46 bits per heavy atom. The summed E-state index contributed by atoms with van der Waals surface area (Å²) in [5, 5.41) is 0.995. The van der Waals surface area contributed by atoms with E-state index in [9.17, 15) is 9.59 Å². The van der Waals surface area contributed by atoms with Gasteiger partial charge in [-0.3, -0.25) is 4.79 Å². The Balaban J connectivity index is 4.50. The lowest BCUT2D eigenvalue weighted by molar-refractivity contribution is -0.138. The predicted octanol–water partition coefficient (Wildman–Crippen LogP) is -0.631. The molecule has 0 saturated carbocycles. The number of methoxy groups -OCH3 is 1. The molecular weight excluding hydrogens is 176 g/mol. The summed E-state index contributed by atoms with van der Waals surface area (Å²) in [6.07, 6.45) is 0.939. The second-order valence-electron chi connectivity index (χ2n) is 2.22. The average Bonchev–Trinajstić information content (AvgIpc) is 2.03. The van der Waals surface area contributed by atoms with E-state index in [1.54, 1.807) is 0 Å². The van der Waals surface area contributed by atoms with Crippen LogP contribution in [-0.2, 0) is 19.1 Å². The summed E-state index contributed by atoms with van der Waals surface area (Å²) in [5.41, 5.74) is -0.0438. The van der Waals surface area contributed by atoms with Crippen molar-refractivity contribution >= 4 is 11.9 Å². The van der Waals surface area contributed by atoms with Gasteiger partial charge in [0.25, 0.3) is 0 Å². The van der Waals surface area contributed by atoms with Gasteiger partial charge in [0.1, 0.15) is 6.26 Å². The molecule has 13 heavy (non-hydrogen) atoms. The molecule has 0 aromatic heterocycles. The number of ether oxygens (including phenoxy) is 2. The molecule has 0 atom stereocenters. The Morgan fingerprint density at radius 3 is 2.31 bits per heavy atom. The van der Waals surface area contributed by atoms with Crippen molar-refractivity contribution in [3.05, 3.63) is 12.0 Å². The van der Waals surface area contributed by atoms with E-state index in [1.807, 2.05) is 0 Å². The largest absolute Gasteiger partial charge is 0.464 e. The van der Waals surface area contributed by atoms with Gasteiger partial charge in [-0.2, -0.15) is 0 Å². The molecule has 0 heterocycles. The van der Waals surface area contributed by atoms with Crippen molar-refractivity contribution in [2.75, 3.05) is 14.2 Å². The van der Waals surface area contributed by atoms with Gasteiger partial charge >= 0.3 is 11.9 Å². The fraction of sp³-hybridized carbons (Fsp3) is 0.429. The van der Waals surface area contributed by atoms with Crippen molar-refractivity contribution in [2.45, 2.75) is 6.92 Å². The number of nitrogens with two attached hydrogens (primary N) is 1. The van der Waals surface area contributed by atoms with Crippen LogP contribution in [0.4, 0.5) is 0 Å². The van der Waals surface area contributed by atoms with Gasteiger partial charge in [0.2, 0.25) is 0 Å². The van der Waals surface area contributed by atoms with Crippen molar-refractivity contribution in [2.24, 2.45) is 5.84 Å². The molecule has 0 spiro atoms. The summed E-state index contributed by atoms with van der Waals surface area (Å²) < 4.78 is 8.85. The fourth-order valence-electron chi connectivity index (χ4n) is 0.519. The summed E-state index contributed by atoms with van der Waals surface area (Å²) in [7, 11) is 2.62.